The SMILES string of the molecule is CC1=C(C(N)=O)[C@@H](c2cccc(OCc3ccccc3)c2)NC(=S)N1. The van der Waals surface area contributed by atoms with Gasteiger partial charge in [0.05, 0.1) is 11.6 Å². The first-order valence-electron chi connectivity index (χ1n) is 7.89. The van der Waals surface area contributed by atoms with Crippen molar-refractivity contribution < 1.29 is 9.53 Å². The van der Waals surface area contributed by atoms with E-state index in [1.54, 1.807) is 6.92 Å². The van der Waals surface area contributed by atoms with Gasteiger partial charge in [0, 0.05) is 5.70 Å². The van der Waals surface area contributed by atoms with Crippen molar-refractivity contribution in [2.45, 2.75) is 19.6 Å². The van der Waals surface area contributed by atoms with Gasteiger partial charge in [-0.25, -0.2) is 0 Å². The number of allylic oxidation sites excluding steroid dienone is 1. The van der Waals surface area contributed by atoms with Gasteiger partial charge in [0.15, 0.2) is 5.11 Å². The molecule has 6 heteroatoms. The molecule has 4 N–H and O–H groups in total. The Bertz CT molecular complexity index is 834. The third-order valence-electron chi connectivity index (χ3n) is 3.97. The summed E-state index contributed by atoms with van der Waals surface area (Å²) < 4.78 is 5.86. The highest BCUT2D eigenvalue weighted by Gasteiger charge is 2.28. The topological polar surface area (TPSA) is 76.4 Å². The number of ether oxygens (including phenoxy) is 1. The lowest BCUT2D eigenvalue weighted by molar-refractivity contribution is -0.115. The van der Waals surface area contributed by atoms with Crippen LogP contribution in [0.2, 0.25) is 0 Å². The van der Waals surface area contributed by atoms with Crippen LogP contribution < -0.4 is 21.1 Å². The van der Waals surface area contributed by atoms with Crippen LogP contribution in [0.4, 0.5) is 0 Å². The van der Waals surface area contributed by atoms with Crippen LogP contribution in [0, 0.1) is 0 Å². The molecule has 3 rings (SSSR count). The van der Waals surface area contributed by atoms with Gasteiger partial charge >= 0.3 is 0 Å². The molecule has 1 atom stereocenters. The van der Waals surface area contributed by atoms with Crippen LogP contribution in [0.5, 0.6) is 5.75 Å². The predicted molar refractivity (Wildman–Crippen MR) is 101 cm³/mol. The molecule has 5 nitrogen and oxygen atoms in total. The number of nitrogens with two attached hydrogens (primary N) is 1. The first-order chi connectivity index (χ1) is 12.0. The maximum atomic E-state index is 11.9. The molecule has 0 fully saturated rings. The molecule has 1 heterocycles. The Morgan fingerprint density at radius 3 is 2.68 bits per heavy atom. The van der Waals surface area contributed by atoms with Crippen molar-refractivity contribution >= 4 is 23.2 Å². The summed E-state index contributed by atoms with van der Waals surface area (Å²) in [5.74, 6) is 0.231. The van der Waals surface area contributed by atoms with Crippen molar-refractivity contribution in [1.29, 1.82) is 0 Å². The lowest BCUT2D eigenvalue weighted by Gasteiger charge is -2.29. The summed E-state index contributed by atoms with van der Waals surface area (Å²) in [7, 11) is 0. The molecule has 2 aromatic carbocycles. The molecule has 1 aliphatic heterocycles. The van der Waals surface area contributed by atoms with Gasteiger partial charge in [-0.2, -0.15) is 0 Å². The fourth-order valence-electron chi connectivity index (χ4n) is 2.80. The minimum atomic E-state index is -0.486. The average molecular weight is 353 g/mol. The number of amides is 1. The highest BCUT2D eigenvalue weighted by molar-refractivity contribution is 7.80. The number of hydrogen-bond donors (Lipinski definition) is 3. The summed E-state index contributed by atoms with van der Waals surface area (Å²) in [6, 6.07) is 17.1. The number of benzene rings is 2. The van der Waals surface area contributed by atoms with Gasteiger partial charge in [0.2, 0.25) is 5.91 Å². The molecule has 0 unspecified atom stereocenters. The summed E-state index contributed by atoms with van der Waals surface area (Å²) in [5.41, 5.74) is 8.63. The highest BCUT2D eigenvalue weighted by Crippen LogP contribution is 2.28. The number of primary amides is 1. The molecule has 25 heavy (non-hydrogen) atoms. The zero-order valence-corrected chi connectivity index (χ0v) is 14.6. The smallest absolute Gasteiger partial charge is 0.248 e. The first kappa shape index (κ1) is 17.0. The van der Waals surface area contributed by atoms with Crippen molar-refractivity contribution in [1.82, 2.24) is 10.6 Å². The molecule has 2 aromatic rings. The molecule has 1 aliphatic rings. The lowest BCUT2D eigenvalue weighted by Crippen LogP contribution is -2.46. The molecule has 1 amide bonds. The van der Waals surface area contributed by atoms with E-state index in [0.717, 1.165) is 11.1 Å². The molecule has 0 saturated heterocycles. The summed E-state index contributed by atoms with van der Waals surface area (Å²) in [6.45, 7) is 2.26. The zero-order chi connectivity index (χ0) is 17.8. The van der Waals surface area contributed by atoms with Crippen molar-refractivity contribution in [3.05, 3.63) is 77.0 Å². The van der Waals surface area contributed by atoms with Gasteiger partial charge in [-0.15, -0.1) is 0 Å². The van der Waals surface area contributed by atoms with Crippen molar-refractivity contribution in [2.24, 2.45) is 5.73 Å². The number of carbonyl (C=O) groups is 1. The Balaban J connectivity index is 1.84. The van der Waals surface area contributed by atoms with Crippen LogP contribution >= 0.6 is 12.2 Å². The number of hydrogen-bond acceptors (Lipinski definition) is 3. The molecular weight excluding hydrogens is 334 g/mol. The van der Waals surface area contributed by atoms with Gasteiger partial charge in [-0.3, -0.25) is 4.79 Å². The molecule has 0 aliphatic carbocycles. The largest absolute Gasteiger partial charge is 0.489 e. The van der Waals surface area contributed by atoms with Crippen LogP contribution in [-0.4, -0.2) is 11.0 Å². The van der Waals surface area contributed by atoms with Crippen LogP contribution in [0.15, 0.2) is 65.9 Å². The van der Waals surface area contributed by atoms with Crippen LogP contribution in [0.1, 0.15) is 24.1 Å². The summed E-state index contributed by atoms with van der Waals surface area (Å²) in [6.07, 6.45) is 0. The number of nitrogens with one attached hydrogen (secondary N) is 2. The summed E-state index contributed by atoms with van der Waals surface area (Å²) in [5, 5.41) is 6.50. The standard InChI is InChI=1S/C19H19N3O2S/c1-12-16(18(20)23)17(22-19(25)21-12)14-8-5-9-15(10-14)24-11-13-6-3-2-4-7-13/h2-10,17H,11H2,1H3,(H2,20,23)(H2,21,22,25)/t17-/m1/s1. The Morgan fingerprint density at radius 2 is 1.96 bits per heavy atom. The molecule has 0 bridgehead atoms. The van der Waals surface area contributed by atoms with E-state index in [9.17, 15) is 4.79 Å². The third kappa shape index (κ3) is 3.97. The van der Waals surface area contributed by atoms with Crippen molar-refractivity contribution in [3.8, 4) is 5.75 Å². The van der Waals surface area contributed by atoms with Gasteiger partial charge in [-0.1, -0.05) is 42.5 Å². The second-order valence-corrected chi connectivity index (χ2v) is 6.19. The fourth-order valence-corrected chi connectivity index (χ4v) is 3.07. The zero-order valence-electron chi connectivity index (χ0n) is 13.8. The number of carbonyl (C=O) groups excluding carboxylic acids is 1. The Labute approximate surface area is 151 Å². The van der Waals surface area contributed by atoms with E-state index in [2.05, 4.69) is 10.6 Å². The van der Waals surface area contributed by atoms with Crippen LogP contribution in [0.25, 0.3) is 0 Å². The van der Waals surface area contributed by atoms with Gasteiger partial charge in [0.1, 0.15) is 12.4 Å². The molecular formula is C19H19N3O2S. The molecule has 0 saturated carbocycles. The second kappa shape index (κ2) is 7.36. The maximum absolute atomic E-state index is 11.9. The monoisotopic (exact) mass is 353 g/mol. The Kier molecular flexibility index (Phi) is 5.00. The average Bonchev–Trinajstić information content (AvgIpc) is 2.60. The summed E-state index contributed by atoms with van der Waals surface area (Å²) >= 11 is 5.21. The quantitative estimate of drug-likeness (QED) is 0.720. The number of rotatable bonds is 5. The number of thiocarbonyl (C=S) groups is 1. The van der Waals surface area contributed by atoms with Crippen LogP contribution in [-0.2, 0) is 11.4 Å². The first-order valence-corrected chi connectivity index (χ1v) is 8.30. The Hall–Kier alpha value is -2.86. The maximum Gasteiger partial charge on any atom is 0.248 e. The van der Waals surface area contributed by atoms with E-state index in [0.29, 0.717) is 28.7 Å². The van der Waals surface area contributed by atoms with E-state index in [4.69, 9.17) is 22.7 Å². The molecule has 128 valence electrons. The third-order valence-corrected chi connectivity index (χ3v) is 4.19. The molecule has 0 spiro atoms. The minimum absolute atomic E-state index is 0.397. The van der Waals surface area contributed by atoms with Gasteiger partial charge in [0.25, 0.3) is 0 Å². The second-order valence-electron chi connectivity index (χ2n) is 5.78. The highest BCUT2D eigenvalue weighted by atomic mass is 32.1. The minimum Gasteiger partial charge on any atom is -0.489 e. The normalized spacial score (nSPS) is 16.8. The molecule has 0 aromatic heterocycles. The van der Waals surface area contributed by atoms with Crippen LogP contribution in [0.3, 0.4) is 0 Å². The van der Waals surface area contributed by atoms with E-state index in [-0.39, 0.29) is 0 Å². The van der Waals surface area contributed by atoms with E-state index in [1.165, 1.54) is 0 Å². The van der Waals surface area contributed by atoms with Crippen molar-refractivity contribution in [2.75, 3.05) is 0 Å². The predicted octanol–water partition coefficient (Wildman–Crippen LogP) is 2.54. The van der Waals surface area contributed by atoms with E-state index < -0.39 is 11.9 Å². The van der Waals surface area contributed by atoms with Crippen molar-refractivity contribution in [3.63, 3.8) is 0 Å². The Morgan fingerprint density at radius 1 is 1.20 bits per heavy atom. The van der Waals surface area contributed by atoms with E-state index in [1.807, 2.05) is 54.6 Å². The van der Waals surface area contributed by atoms with Gasteiger partial charge < -0.3 is 21.1 Å². The fraction of sp³-hybridized carbons (Fsp3) is 0.158. The van der Waals surface area contributed by atoms with Gasteiger partial charge in [-0.05, 0) is 42.4 Å². The van der Waals surface area contributed by atoms with E-state index >= 15 is 0 Å². The summed E-state index contributed by atoms with van der Waals surface area (Å²) in [4.78, 5) is 11.9. The molecule has 0 radical (unpaired) electrons. The lowest BCUT2D eigenvalue weighted by atomic mass is 9.95.